The van der Waals surface area contributed by atoms with Crippen molar-refractivity contribution in [2.24, 2.45) is 0 Å². The molecule has 7 heteroatoms. The first-order chi connectivity index (χ1) is 11.2. The summed E-state index contributed by atoms with van der Waals surface area (Å²) >= 11 is 0. The fourth-order valence-corrected chi connectivity index (χ4v) is 3.14. The second-order valence-electron chi connectivity index (χ2n) is 5.75. The largest absolute Gasteiger partial charge is 0.448 e. The predicted octanol–water partition coefficient (Wildman–Crippen LogP) is 2.39. The van der Waals surface area contributed by atoms with Crippen molar-refractivity contribution in [3.05, 3.63) is 48.1 Å². The first kappa shape index (κ1) is 13.9. The normalized spacial score (nSPS) is 18.5. The lowest BCUT2D eigenvalue weighted by molar-refractivity contribution is 0.0599. The van der Waals surface area contributed by atoms with E-state index in [2.05, 4.69) is 15.1 Å². The number of nitrogens with zero attached hydrogens (tertiary/aromatic N) is 5. The highest BCUT2D eigenvalue weighted by Gasteiger charge is 2.31. The molecule has 1 aliphatic heterocycles. The van der Waals surface area contributed by atoms with Gasteiger partial charge in [-0.3, -0.25) is 4.79 Å². The molecular formula is C16H17N5O2. The molecule has 1 unspecified atom stereocenters. The quantitative estimate of drug-likeness (QED) is 0.726. The van der Waals surface area contributed by atoms with Crippen LogP contribution in [-0.4, -0.2) is 36.9 Å². The molecule has 0 aliphatic carbocycles. The maximum Gasteiger partial charge on any atom is 0.276 e. The van der Waals surface area contributed by atoms with Crippen LogP contribution in [0.15, 0.2) is 35.3 Å². The van der Waals surface area contributed by atoms with Crippen molar-refractivity contribution in [3.8, 4) is 0 Å². The molecule has 7 nitrogen and oxygen atoms in total. The number of aryl methyl sites for hydroxylation is 1. The standard InChI is InChI=1S/C16H17N5O2/c1-11-15(17-10-23-11)16(22)20-8-3-2-4-13(20)12-6-9-21-14(19-12)5-7-18-21/h5-7,9-10,13H,2-4,8H2,1H3. The summed E-state index contributed by atoms with van der Waals surface area (Å²) in [6.07, 6.45) is 7.90. The van der Waals surface area contributed by atoms with Crippen LogP contribution >= 0.6 is 0 Å². The minimum atomic E-state index is -0.0869. The van der Waals surface area contributed by atoms with Gasteiger partial charge in [0, 0.05) is 18.8 Å². The Bertz CT molecular complexity index is 853. The summed E-state index contributed by atoms with van der Waals surface area (Å²) in [5, 5.41) is 4.16. The molecular weight excluding hydrogens is 294 g/mol. The zero-order valence-corrected chi connectivity index (χ0v) is 12.8. The average molecular weight is 311 g/mol. The van der Waals surface area contributed by atoms with Crippen molar-refractivity contribution < 1.29 is 9.21 Å². The highest BCUT2D eigenvalue weighted by atomic mass is 16.3. The van der Waals surface area contributed by atoms with E-state index in [9.17, 15) is 4.79 Å². The van der Waals surface area contributed by atoms with Crippen molar-refractivity contribution in [2.75, 3.05) is 6.54 Å². The number of carbonyl (C=O) groups is 1. The highest BCUT2D eigenvalue weighted by molar-refractivity contribution is 5.93. The van der Waals surface area contributed by atoms with E-state index in [0.717, 1.165) is 30.6 Å². The topological polar surface area (TPSA) is 76.5 Å². The molecule has 0 N–H and O–H groups in total. The highest BCUT2D eigenvalue weighted by Crippen LogP contribution is 2.31. The first-order valence-corrected chi connectivity index (χ1v) is 7.75. The van der Waals surface area contributed by atoms with E-state index in [1.807, 2.05) is 23.2 Å². The van der Waals surface area contributed by atoms with E-state index in [-0.39, 0.29) is 11.9 Å². The van der Waals surface area contributed by atoms with Gasteiger partial charge in [-0.05, 0) is 32.3 Å². The summed E-state index contributed by atoms with van der Waals surface area (Å²) in [7, 11) is 0. The number of amides is 1. The van der Waals surface area contributed by atoms with Crippen molar-refractivity contribution in [2.45, 2.75) is 32.2 Å². The van der Waals surface area contributed by atoms with Gasteiger partial charge in [0.25, 0.3) is 5.91 Å². The number of hydrogen-bond donors (Lipinski definition) is 0. The van der Waals surface area contributed by atoms with Crippen LogP contribution in [0.1, 0.15) is 47.2 Å². The molecule has 0 bridgehead atoms. The lowest BCUT2D eigenvalue weighted by Gasteiger charge is -2.35. The van der Waals surface area contributed by atoms with E-state index in [4.69, 9.17) is 4.42 Å². The Balaban J connectivity index is 1.70. The van der Waals surface area contributed by atoms with Crippen LogP contribution in [0.4, 0.5) is 0 Å². The summed E-state index contributed by atoms with van der Waals surface area (Å²) < 4.78 is 6.90. The summed E-state index contributed by atoms with van der Waals surface area (Å²) in [6.45, 7) is 2.47. The maximum absolute atomic E-state index is 12.8. The zero-order valence-electron chi connectivity index (χ0n) is 12.8. The molecule has 23 heavy (non-hydrogen) atoms. The Morgan fingerprint density at radius 2 is 2.26 bits per heavy atom. The molecule has 1 fully saturated rings. The summed E-state index contributed by atoms with van der Waals surface area (Å²) in [6, 6.07) is 3.76. The monoisotopic (exact) mass is 311 g/mol. The van der Waals surface area contributed by atoms with E-state index >= 15 is 0 Å². The number of fused-ring (bicyclic) bond motifs is 1. The second-order valence-corrected chi connectivity index (χ2v) is 5.75. The number of hydrogen-bond acceptors (Lipinski definition) is 5. The lowest BCUT2D eigenvalue weighted by atomic mass is 9.98. The van der Waals surface area contributed by atoms with E-state index in [1.54, 1.807) is 17.6 Å². The Morgan fingerprint density at radius 1 is 1.35 bits per heavy atom. The predicted molar refractivity (Wildman–Crippen MR) is 81.9 cm³/mol. The molecule has 0 radical (unpaired) electrons. The summed E-state index contributed by atoms with van der Waals surface area (Å²) in [5.74, 6) is 0.467. The van der Waals surface area contributed by atoms with Crippen LogP contribution in [0, 0.1) is 6.92 Å². The fourth-order valence-electron chi connectivity index (χ4n) is 3.14. The summed E-state index contributed by atoms with van der Waals surface area (Å²) in [5.41, 5.74) is 2.08. The third-order valence-electron chi connectivity index (χ3n) is 4.33. The number of carbonyl (C=O) groups excluding carboxylic acids is 1. The molecule has 1 amide bonds. The Kier molecular flexibility index (Phi) is 3.33. The molecule has 4 rings (SSSR count). The molecule has 1 atom stereocenters. The summed E-state index contributed by atoms with van der Waals surface area (Å²) in [4.78, 5) is 23.4. The first-order valence-electron chi connectivity index (χ1n) is 7.75. The van der Waals surface area contributed by atoms with Gasteiger partial charge in [0.05, 0.1) is 17.9 Å². The Labute approximate surface area is 132 Å². The SMILES string of the molecule is Cc1ocnc1C(=O)N1CCCCC1c1ccn2nccc2n1. The van der Waals surface area contributed by atoms with E-state index in [0.29, 0.717) is 18.0 Å². The molecule has 118 valence electrons. The molecule has 0 aromatic carbocycles. The van der Waals surface area contributed by atoms with Crippen molar-refractivity contribution in [1.29, 1.82) is 0 Å². The van der Waals surface area contributed by atoms with Crippen molar-refractivity contribution in [1.82, 2.24) is 24.5 Å². The van der Waals surface area contributed by atoms with Crippen molar-refractivity contribution >= 4 is 11.6 Å². The molecule has 1 saturated heterocycles. The van der Waals surface area contributed by atoms with Crippen LogP contribution in [-0.2, 0) is 0 Å². The smallest absolute Gasteiger partial charge is 0.276 e. The van der Waals surface area contributed by atoms with Crippen molar-refractivity contribution in [3.63, 3.8) is 0 Å². The van der Waals surface area contributed by atoms with E-state index < -0.39 is 0 Å². The third-order valence-corrected chi connectivity index (χ3v) is 4.33. The van der Waals surface area contributed by atoms with Gasteiger partial charge in [-0.1, -0.05) is 0 Å². The Morgan fingerprint density at radius 3 is 3.09 bits per heavy atom. The third kappa shape index (κ3) is 2.38. The van der Waals surface area contributed by atoms with Gasteiger partial charge < -0.3 is 9.32 Å². The van der Waals surface area contributed by atoms with E-state index in [1.165, 1.54) is 6.39 Å². The zero-order chi connectivity index (χ0) is 15.8. The van der Waals surface area contributed by atoms with Crippen LogP contribution < -0.4 is 0 Å². The molecule has 4 heterocycles. The van der Waals surface area contributed by atoms with Crippen LogP contribution in [0.2, 0.25) is 0 Å². The average Bonchev–Trinajstić information content (AvgIpc) is 3.22. The van der Waals surface area contributed by atoms with Gasteiger partial charge in [0.1, 0.15) is 5.76 Å². The van der Waals surface area contributed by atoms with Crippen LogP contribution in [0.3, 0.4) is 0 Å². The molecule has 0 saturated carbocycles. The lowest BCUT2D eigenvalue weighted by Crippen LogP contribution is -2.39. The fraction of sp³-hybridized carbons (Fsp3) is 0.375. The van der Waals surface area contributed by atoms with Gasteiger partial charge in [-0.2, -0.15) is 5.10 Å². The Hall–Kier alpha value is -2.70. The van der Waals surface area contributed by atoms with Crippen LogP contribution in [0.25, 0.3) is 5.65 Å². The number of oxazole rings is 1. The van der Waals surface area contributed by atoms with Gasteiger partial charge >= 0.3 is 0 Å². The molecule has 3 aromatic rings. The van der Waals surface area contributed by atoms with Gasteiger partial charge in [0.15, 0.2) is 17.7 Å². The minimum absolute atomic E-state index is 0.0350. The van der Waals surface area contributed by atoms with Crippen LogP contribution in [0.5, 0.6) is 0 Å². The minimum Gasteiger partial charge on any atom is -0.448 e. The van der Waals surface area contributed by atoms with Gasteiger partial charge in [0.2, 0.25) is 0 Å². The molecule has 0 spiro atoms. The van der Waals surface area contributed by atoms with Gasteiger partial charge in [-0.25, -0.2) is 14.5 Å². The molecule has 3 aromatic heterocycles. The number of piperidine rings is 1. The molecule has 1 aliphatic rings. The maximum atomic E-state index is 12.8. The van der Waals surface area contributed by atoms with Gasteiger partial charge in [-0.15, -0.1) is 0 Å². The number of likely N-dealkylation sites (tertiary alicyclic amines) is 1. The number of rotatable bonds is 2. The second kappa shape index (κ2) is 5.49. The number of aromatic nitrogens is 4.